The second kappa shape index (κ2) is 7.88. The van der Waals surface area contributed by atoms with Crippen molar-refractivity contribution in [2.75, 3.05) is 31.1 Å². The average molecular weight is 399 g/mol. The lowest BCUT2D eigenvalue weighted by molar-refractivity contribution is 0.250. The number of aryl methyl sites for hydroxylation is 1. The maximum Gasteiger partial charge on any atom is 0.251 e. The second-order valence-corrected chi connectivity index (χ2v) is 7.92. The van der Waals surface area contributed by atoms with Gasteiger partial charge in [-0.1, -0.05) is 13.0 Å². The van der Waals surface area contributed by atoms with E-state index >= 15 is 0 Å². The lowest BCUT2D eigenvalue weighted by Crippen LogP contribution is -2.45. The fraction of sp³-hybridized carbons (Fsp3) is 0.292. The molecule has 1 fully saturated rings. The van der Waals surface area contributed by atoms with Crippen molar-refractivity contribution in [2.24, 2.45) is 0 Å². The molecule has 30 heavy (non-hydrogen) atoms. The van der Waals surface area contributed by atoms with Crippen LogP contribution in [0.15, 0.2) is 59.8 Å². The van der Waals surface area contributed by atoms with Crippen molar-refractivity contribution in [3.05, 3.63) is 76.5 Å². The molecule has 1 saturated heterocycles. The van der Waals surface area contributed by atoms with Crippen molar-refractivity contribution in [3.8, 4) is 0 Å². The van der Waals surface area contributed by atoms with Crippen LogP contribution in [0.2, 0.25) is 0 Å². The highest BCUT2D eigenvalue weighted by Crippen LogP contribution is 2.23. The third-order valence-electron chi connectivity index (χ3n) is 5.97. The minimum Gasteiger partial charge on any atom is -0.369 e. The molecular formula is C24H25N5O. The summed E-state index contributed by atoms with van der Waals surface area (Å²) in [6.45, 7) is 6.80. The topological polar surface area (TPSA) is 65.1 Å². The van der Waals surface area contributed by atoms with Crippen LogP contribution in [0.5, 0.6) is 0 Å². The molecule has 0 saturated carbocycles. The van der Waals surface area contributed by atoms with E-state index < -0.39 is 0 Å². The Bertz CT molecular complexity index is 1260. The van der Waals surface area contributed by atoms with Gasteiger partial charge >= 0.3 is 0 Å². The summed E-state index contributed by atoms with van der Waals surface area (Å²) in [6, 6.07) is 12.6. The van der Waals surface area contributed by atoms with Crippen molar-refractivity contribution in [1.82, 2.24) is 19.9 Å². The molecule has 0 aliphatic carbocycles. The molecule has 0 atom stereocenters. The number of hydrogen-bond acceptors (Lipinski definition) is 5. The van der Waals surface area contributed by atoms with E-state index in [1.807, 2.05) is 37.6 Å². The van der Waals surface area contributed by atoms with E-state index in [1.54, 1.807) is 0 Å². The first-order valence-corrected chi connectivity index (χ1v) is 10.5. The molecule has 152 valence electrons. The van der Waals surface area contributed by atoms with Gasteiger partial charge in [0, 0.05) is 68.0 Å². The molecule has 0 bridgehead atoms. The molecule has 0 unspecified atom stereocenters. The summed E-state index contributed by atoms with van der Waals surface area (Å²) in [7, 11) is 0. The SMILES string of the molecule is CCc1cc2ncc(CN3CCN(c4ccc5ccncc5c4)CC3)cc2[nH]c1=O. The standard InChI is InChI=1S/C24H25N5O/c1-2-18-13-22-23(27-24(18)30)11-17(14-26-22)16-28-7-9-29(10-8-28)21-4-3-19-5-6-25-15-20(19)12-21/h3-6,11-15H,2,7-10,16H2,1H3,(H,27,30). The number of hydrogen-bond donors (Lipinski definition) is 1. The van der Waals surface area contributed by atoms with Crippen LogP contribution in [-0.4, -0.2) is 46.0 Å². The van der Waals surface area contributed by atoms with Crippen LogP contribution in [-0.2, 0) is 13.0 Å². The Labute approximate surface area is 175 Å². The zero-order valence-corrected chi connectivity index (χ0v) is 17.1. The molecule has 0 spiro atoms. The van der Waals surface area contributed by atoms with Crippen LogP contribution in [0.25, 0.3) is 21.8 Å². The van der Waals surface area contributed by atoms with Gasteiger partial charge < -0.3 is 9.88 Å². The molecule has 1 N–H and O–H groups in total. The van der Waals surface area contributed by atoms with Crippen LogP contribution < -0.4 is 10.5 Å². The molecule has 1 aromatic carbocycles. The maximum atomic E-state index is 12.1. The van der Waals surface area contributed by atoms with Crippen molar-refractivity contribution < 1.29 is 0 Å². The van der Waals surface area contributed by atoms with Gasteiger partial charge in [0.05, 0.1) is 11.0 Å². The number of pyridine rings is 3. The van der Waals surface area contributed by atoms with E-state index in [9.17, 15) is 4.79 Å². The first-order valence-electron chi connectivity index (χ1n) is 10.5. The molecule has 1 aliphatic heterocycles. The highest BCUT2D eigenvalue weighted by Gasteiger charge is 2.18. The van der Waals surface area contributed by atoms with E-state index in [0.717, 1.165) is 54.9 Å². The Kier molecular flexibility index (Phi) is 4.93. The van der Waals surface area contributed by atoms with Crippen LogP contribution in [0.1, 0.15) is 18.1 Å². The van der Waals surface area contributed by atoms with Gasteiger partial charge in [-0.25, -0.2) is 0 Å². The number of rotatable bonds is 4. The number of benzene rings is 1. The number of H-pyrrole nitrogens is 1. The fourth-order valence-electron chi connectivity index (χ4n) is 4.21. The molecule has 6 nitrogen and oxygen atoms in total. The summed E-state index contributed by atoms with van der Waals surface area (Å²) in [5, 5.41) is 2.40. The van der Waals surface area contributed by atoms with Gasteiger partial charge in [-0.05, 0) is 47.7 Å². The summed E-state index contributed by atoms with van der Waals surface area (Å²) >= 11 is 0. The number of piperazine rings is 1. The molecule has 3 aromatic heterocycles. The Balaban J connectivity index is 1.27. The molecule has 5 rings (SSSR count). The monoisotopic (exact) mass is 399 g/mol. The number of aromatic amines is 1. The summed E-state index contributed by atoms with van der Waals surface area (Å²) in [5.74, 6) is 0. The Morgan fingerprint density at radius 3 is 2.70 bits per heavy atom. The quantitative estimate of drug-likeness (QED) is 0.570. The highest BCUT2D eigenvalue weighted by atomic mass is 16.1. The second-order valence-electron chi connectivity index (χ2n) is 7.92. The van der Waals surface area contributed by atoms with Gasteiger partial charge in [0.2, 0.25) is 0 Å². The van der Waals surface area contributed by atoms with Gasteiger partial charge in [-0.3, -0.25) is 19.7 Å². The van der Waals surface area contributed by atoms with Crippen molar-refractivity contribution in [3.63, 3.8) is 0 Å². The summed E-state index contributed by atoms with van der Waals surface area (Å²) < 4.78 is 0. The third kappa shape index (κ3) is 3.66. The zero-order valence-electron chi connectivity index (χ0n) is 17.1. The van der Waals surface area contributed by atoms with E-state index in [2.05, 4.69) is 49.0 Å². The van der Waals surface area contributed by atoms with Crippen LogP contribution in [0, 0.1) is 0 Å². The zero-order chi connectivity index (χ0) is 20.5. The molecular weight excluding hydrogens is 374 g/mol. The summed E-state index contributed by atoms with van der Waals surface area (Å²) in [5.41, 5.74) is 4.83. The number of fused-ring (bicyclic) bond motifs is 2. The lowest BCUT2D eigenvalue weighted by Gasteiger charge is -2.36. The smallest absolute Gasteiger partial charge is 0.251 e. The van der Waals surface area contributed by atoms with Crippen LogP contribution in [0.4, 0.5) is 5.69 Å². The van der Waals surface area contributed by atoms with E-state index in [-0.39, 0.29) is 5.56 Å². The predicted molar refractivity (Wildman–Crippen MR) is 121 cm³/mol. The number of anilines is 1. The predicted octanol–water partition coefficient (Wildman–Crippen LogP) is 3.36. The fourth-order valence-corrected chi connectivity index (χ4v) is 4.21. The molecule has 6 heteroatoms. The normalized spacial score (nSPS) is 15.2. The minimum atomic E-state index is -0.0110. The lowest BCUT2D eigenvalue weighted by atomic mass is 10.1. The molecule has 4 heterocycles. The highest BCUT2D eigenvalue weighted by molar-refractivity contribution is 5.85. The Morgan fingerprint density at radius 1 is 1.00 bits per heavy atom. The minimum absolute atomic E-state index is 0.0110. The average Bonchev–Trinajstić information content (AvgIpc) is 2.79. The van der Waals surface area contributed by atoms with Crippen molar-refractivity contribution in [2.45, 2.75) is 19.9 Å². The molecule has 0 amide bonds. The van der Waals surface area contributed by atoms with Crippen LogP contribution >= 0.6 is 0 Å². The summed E-state index contributed by atoms with van der Waals surface area (Å²) in [6.07, 6.45) is 6.41. The van der Waals surface area contributed by atoms with Crippen LogP contribution in [0.3, 0.4) is 0 Å². The van der Waals surface area contributed by atoms with Gasteiger partial charge in [0.15, 0.2) is 0 Å². The summed E-state index contributed by atoms with van der Waals surface area (Å²) in [4.78, 5) is 28.8. The number of nitrogens with zero attached hydrogens (tertiary/aromatic N) is 4. The number of nitrogens with one attached hydrogen (secondary N) is 1. The Hall–Kier alpha value is -3.25. The first-order chi connectivity index (χ1) is 14.7. The largest absolute Gasteiger partial charge is 0.369 e. The van der Waals surface area contributed by atoms with Crippen molar-refractivity contribution >= 4 is 27.5 Å². The third-order valence-corrected chi connectivity index (χ3v) is 5.97. The van der Waals surface area contributed by atoms with Gasteiger partial charge in [0.25, 0.3) is 5.56 Å². The van der Waals surface area contributed by atoms with E-state index in [0.29, 0.717) is 6.42 Å². The first kappa shape index (κ1) is 18.8. The van der Waals surface area contributed by atoms with E-state index in [4.69, 9.17) is 0 Å². The van der Waals surface area contributed by atoms with Gasteiger partial charge in [-0.2, -0.15) is 0 Å². The van der Waals surface area contributed by atoms with Gasteiger partial charge in [0.1, 0.15) is 0 Å². The molecule has 4 aromatic rings. The van der Waals surface area contributed by atoms with Gasteiger partial charge in [-0.15, -0.1) is 0 Å². The maximum absolute atomic E-state index is 12.1. The molecule has 0 radical (unpaired) electrons. The molecule has 1 aliphatic rings. The van der Waals surface area contributed by atoms with Crippen molar-refractivity contribution in [1.29, 1.82) is 0 Å². The number of aromatic nitrogens is 3. The van der Waals surface area contributed by atoms with E-state index in [1.165, 1.54) is 16.5 Å². The Morgan fingerprint density at radius 2 is 1.87 bits per heavy atom.